The summed E-state index contributed by atoms with van der Waals surface area (Å²) in [6, 6.07) is 17.1. The number of aromatic nitrogens is 1. The number of hydrogen-bond donors (Lipinski definition) is 0. The number of benzene rings is 2. The van der Waals surface area contributed by atoms with Gasteiger partial charge in [0.25, 0.3) is 0 Å². The van der Waals surface area contributed by atoms with E-state index < -0.39 is 0 Å². The number of unbranched alkanes of at least 4 members (excludes halogenated alkanes) is 7. The molecule has 7 aromatic rings. The van der Waals surface area contributed by atoms with E-state index in [1.54, 1.807) is 23.6 Å². The van der Waals surface area contributed by atoms with E-state index in [1.807, 2.05) is 34.0 Å². The second kappa shape index (κ2) is 10.9. The van der Waals surface area contributed by atoms with Crippen molar-refractivity contribution in [2.75, 3.05) is 0 Å². The number of halogens is 1. The SMILES string of the molecule is CCCCCCCCCCc1cc2cc3c(cc2s1)sc1c2cc4cc(-c5ncccc5F)sc4cc2sc31. The molecule has 7 rings (SSSR count). The molecule has 5 heterocycles. The molecule has 0 saturated carbocycles. The Balaban J connectivity index is 1.15. The van der Waals surface area contributed by atoms with Crippen molar-refractivity contribution in [1.82, 2.24) is 4.98 Å². The molecular formula is C33H30FNS4. The van der Waals surface area contributed by atoms with Crippen LogP contribution in [0.4, 0.5) is 4.39 Å². The molecule has 0 N–H and O–H groups in total. The minimum absolute atomic E-state index is 0.265. The van der Waals surface area contributed by atoms with Crippen molar-refractivity contribution >= 4 is 95.1 Å². The maximum atomic E-state index is 14.4. The lowest BCUT2D eigenvalue weighted by Gasteiger charge is -2.00. The van der Waals surface area contributed by atoms with Crippen molar-refractivity contribution in [3.8, 4) is 10.6 Å². The second-order valence-electron chi connectivity index (χ2n) is 10.5. The fourth-order valence-corrected chi connectivity index (χ4v) is 10.7. The van der Waals surface area contributed by atoms with Gasteiger partial charge in [-0.05, 0) is 72.1 Å². The van der Waals surface area contributed by atoms with Crippen molar-refractivity contribution in [2.45, 2.75) is 64.7 Å². The minimum atomic E-state index is -0.265. The smallest absolute Gasteiger partial charge is 0.150 e. The second-order valence-corrected chi connectivity index (χ2v) is 14.9. The summed E-state index contributed by atoms with van der Waals surface area (Å²) in [4.78, 5) is 6.70. The highest BCUT2D eigenvalue weighted by Crippen LogP contribution is 2.48. The zero-order valence-electron chi connectivity index (χ0n) is 22.0. The largest absolute Gasteiger partial charge is 0.252 e. The van der Waals surface area contributed by atoms with Crippen LogP contribution in [0.5, 0.6) is 0 Å². The van der Waals surface area contributed by atoms with Crippen LogP contribution in [-0.2, 0) is 6.42 Å². The number of pyridine rings is 1. The van der Waals surface area contributed by atoms with Gasteiger partial charge in [-0.3, -0.25) is 4.98 Å². The van der Waals surface area contributed by atoms with Crippen molar-refractivity contribution in [1.29, 1.82) is 0 Å². The van der Waals surface area contributed by atoms with Gasteiger partial charge < -0.3 is 0 Å². The maximum Gasteiger partial charge on any atom is 0.150 e. The summed E-state index contributed by atoms with van der Waals surface area (Å²) in [5.41, 5.74) is 0.441. The van der Waals surface area contributed by atoms with Gasteiger partial charge in [0.2, 0.25) is 0 Å². The van der Waals surface area contributed by atoms with Crippen LogP contribution < -0.4 is 0 Å². The van der Waals surface area contributed by atoms with Crippen LogP contribution >= 0.6 is 45.3 Å². The first-order chi connectivity index (χ1) is 19.2. The van der Waals surface area contributed by atoms with Gasteiger partial charge in [0.1, 0.15) is 11.5 Å². The monoisotopic (exact) mass is 587 g/mol. The lowest BCUT2D eigenvalue weighted by molar-refractivity contribution is 0.576. The molecule has 0 aliphatic carbocycles. The molecule has 1 nitrogen and oxygen atoms in total. The van der Waals surface area contributed by atoms with E-state index in [4.69, 9.17) is 0 Å². The fourth-order valence-electron chi connectivity index (χ4n) is 5.62. The van der Waals surface area contributed by atoms with Gasteiger partial charge in [-0.2, -0.15) is 0 Å². The van der Waals surface area contributed by atoms with Gasteiger partial charge in [0.05, 0.1) is 14.3 Å². The fraction of sp³-hybridized carbons (Fsp3) is 0.303. The van der Waals surface area contributed by atoms with Gasteiger partial charge in [0.15, 0.2) is 0 Å². The molecule has 0 saturated heterocycles. The Bertz CT molecular complexity index is 1940. The van der Waals surface area contributed by atoms with Crippen LogP contribution in [0.1, 0.15) is 63.2 Å². The van der Waals surface area contributed by atoms with E-state index in [1.165, 1.54) is 113 Å². The molecule has 0 fully saturated rings. The highest BCUT2D eigenvalue weighted by atomic mass is 32.1. The molecule has 5 aromatic heterocycles. The lowest BCUT2D eigenvalue weighted by atomic mass is 10.1. The van der Waals surface area contributed by atoms with Crippen LogP contribution in [0.15, 0.2) is 54.7 Å². The van der Waals surface area contributed by atoms with Gasteiger partial charge in [0, 0.05) is 40.6 Å². The molecule has 0 aliphatic rings. The van der Waals surface area contributed by atoms with Crippen LogP contribution in [-0.4, -0.2) is 4.98 Å². The Morgan fingerprint density at radius 3 is 2.00 bits per heavy atom. The Labute approximate surface area is 243 Å². The predicted octanol–water partition coefficient (Wildman–Crippen LogP) is 12.6. The van der Waals surface area contributed by atoms with Gasteiger partial charge in [-0.1, -0.05) is 51.9 Å². The lowest BCUT2D eigenvalue weighted by Crippen LogP contribution is -1.84. The topological polar surface area (TPSA) is 12.9 Å². The minimum Gasteiger partial charge on any atom is -0.252 e. The van der Waals surface area contributed by atoms with Gasteiger partial charge in [-0.25, -0.2) is 4.39 Å². The molecule has 198 valence electrons. The number of fused-ring (bicyclic) bond motifs is 7. The molecule has 2 aromatic carbocycles. The summed E-state index contributed by atoms with van der Waals surface area (Å²) in [5.74, 6) is -0.265. The van der Waals surface area contributed by atoms with E-state index in [2.05, 4.69) is 48.3 Å². The number of thiophene rings is 4. The summed E-state index contributed by atoms with van der Waals surface area (Å²) < 4.78 is 22.4. The number of aryl methyl sites for hydroxylation is 1. The van der Waals surface area contributed by atoms with Crippen molar-refractivity contribution < 1.29 is 4.39 Å². The number of hydrogen-bond acceptors (Lipinski definition) is 5. The average Bonchev–Trinajstić information content (AvgIpc) is 3.69. The van der Waals surface area contributed by atoms with Crippen LogP contribution in [0.25, 0.3) is 60.3 Å². The first kappa shape index (κ1) is 25.6. The molecule has 0 spiro atoms. The van der Waals surface area contributed by atoms with E-state index in [0.717, 1.165) is 10.3 Å². The molecular weight excluding hydrogens is 558 g/mol. The maximum absolute atomic E-state index is 14.4. The standard InChI is InChI=1S/C33H30FNS4/c1-2-3-4-5-6-7-8-9-11-22-14-20-15-23-28(18-26(20)36-22)38-33-24-16-21-17-30(31-25(34)12-10-13-35-31)37-27(21)19-29(24)39-32(23)33/h10,12-19H,2-9,11H2,1H3. The zero-order valence-corrected chi connectivity index (χ0v) is 25.3. The van der Waals surface area contributed by atoms with E-state index in [9.17, 15) is 4.39 Å². The predicted molar refractivity (Wildman–Crippen MR) is 175 cm³/mol. The summed E-state index contributed by atoms with van der Waals surface area (Å²) in [5, 5.41) is 5.26. The first-order valence-electron chi connectivity index (χ1n) is 14.0. The average molecular weight is 588 g/mol. The van der Waals surface area contributed by atoms with E-state index >= 15 is 0 Å². The van der Waals surface area contributed by atoms with Crippen LogP contribution in [0.2, 0.25) is 0 Å². The molecule has 39 heavy (non-hydrogen) atoms. The Morgan fingerprint density at radius 1 is 0.667 bits per heavy atom. The van der Waals surface area contributed by atoms with Gasteiger partial charge >= 0.3 is 0 Å². The third kappa shape index (κ3) is 4.90. The molecule has 0 aliphatic heterocycles. The third-order valence-electron chi connectivity index (χ3n) is 7.68. The van der Waals surface area contributed by atoms with Crippen LogP contribution in [0, 0.1) is 5.82 Å². The van der Waals surface area contributed by atoms with Crippen molar-refractivity contribution in [2.24, 2.45) is 0 Å². The highest BCUT2D eigenvalue weighted by molar-refractivity contribution is 7.37. The summed E-state index contributed by atoms with van der Waals surface area (Å²) in [7, 11) is 0. The highest BCUT2D eigenvalue weighted by Gasteiger charge is 2.17. The van der Waals surface area contributed by atoms with E-state index in [0.29, 0.717) is 5.69 Å². The Hall–Kier alpha value is -2.38. The van der Waals surface area contributed by atoms with E-state index in [-0.39, 0.29) is 5.82 Å². The third-order valence-corrected chi connectivity index (χ3v) is 12.4. The Kier molecular flexibility index (Phi) is 7.14. The van der Waals surface area contributed by atoms with Gasteiger partial charge in [-0.15, -0.1) is 45.3 Å². The summed E-state index contributed by atoms with van der Waals surface area (Å²) in [6.07, 6.45) is 13.8. The van der Waals surface area contributed by atoms with Crippen LogP contribution in [0.3, 0.4) is 0 Å². The normalized spacial score (nSPS) is 12.3. The first-order valence-corrected chi connectivity index (χ1v) is 17.3. The number of rotatable bonds is 10. The summed E-state index contributed by atoms with van der Waals surface area (Å²) >= 11 is 7.41. The molecule has 0 atom stereocenters. The Morgan fingerprint density at radius 2 is 1.31 bits per heavy atom. The summed E-state index contributed by atoms with van der Waals surface area (Å²) in [6.45, 7) is 2.28. The van der Waals surface area contributed by atoms with Crippen molar-refractivity contribution in [3.63, 3.8) is 0 Å². The molecule has 0 unspecified atom stereocenters. The molecule has 6 heteroatoms. The molecule has 0 bridgehead atoms. The zero-order chi connectivity index (χ0) is 26.3. The van der Waals surface area contributed by atoms with Crippen molar-refractivity contribution in [3.05, 3.63) is 65.4 Å². The number of nitrogens with zero attached hydrogens (tertiary/aromatic N) is 1. The molecule has 0 radical (unpaired) electrons. The molecule has 0 amide bonds. The quantitative estimate of drug-likeness (QED) is 0.145.